The van der Waals surface area contributed by atoms with E-state index in [0.29, 0.717) is 6.42 Å². The van der Waals surface area contributed by atoms with E-state index in [4.69, 9.17) is 17.2 Å². The molecule has 16 heteroatoms. The Labute approximate surface area is 274 Å². The number of nitrogens with zero attached hydrogens (tertiary/aromatic N) is 1. The summed E-state index contributed by atoms with van der Waals surface area (Å²) in [6, 6.07) is 3.02. The molecule has 0 saturated carbocycles. The van der Waals surface area contributed by atoms with Gasteiger partial charge in [0.1, 0.15) is 24.2 Å². The Morgan fingerprint density at radius 1 is 0.787 bits per heavy atom. The number of carbonyl (C=O) groups excluding carboxylic acids is 4. The number of aliphatic carboxylic acids is 2. The fourth-order valence-electron chi connectivity index (χ4n) is 4.54. The van der Waals surface area contributed by atoms with E-state index in [1.807, 2.05) is 18.2 Å². The predicted octanol–water partition coefficient (Wildman–Crippen LogP) is -0.799. The van der Waals surface area contributed by atoms with Gasteiger partial charge in [-0.05, 0) is 43.1 Å². The number of hydrogen-bond acceptors (Lipinski definition) is 8. The van der Waals surface area contributed by atoms with Crippen molar-refractivity contribution in [1.29, 1.82) is 0 Å². The highest BCUT2D eigenvalue weighted by atomic mass is 16.4. The maximum Gasteiger partial charge on any atom is 0.326 e. The summed E-state index contributed by atoms with van der Waals surface area (Å²) in [6.45, 7) is 6.87. The van der Waals surface area contributed by atoms with Gasteiger partial charge in [0.25, 0.3) is 0 Å². The fourth-order valence-corrected chi connectivity index (χ4v) is 4.54. The summed E-state index contributed by atoms with van der Waals surface area (Å²) in [4.78, 5) is 80.1. The zero-order valence-corrected chi connectivity index (χ0v) is 27.4. The Hall–Kier alpha value is -4.73. The van der Waals surface area contributed by atoms with Crippen molar-refractivity contribution in [2.75, 3.05) is 6.54 Å². The summed E-state index contributed by atoms with van der Waals surface area (Å²) in [5.41, 5.74) is 17.6. The van der Waals surface area contributed by atoms with E-state index in [9.17, 15) is 39.0 Å². The normalized spacial score (nSPS) is 14.8. The lowest BCUT2D eigenvalue weighted by Crippen LogP contribution is -2.59. The highest BCUT2D eigenvalue weighted by molar-refractivity contribution is 5.95. The summed E-state index contributed by atoms with van der Waals surface area (Å²) in [6.07, 6.45) is 0.0303. The van der Waals surface area contributed by atoms with E-state index in [-0.39, 0.29) is 38.2 Å². The molecule has 16 nitrogen and oxygen atoms in total. The summed E-state index contributed by atoms with van der Waals surface area (Å²) >= 11 is 0. The minimum Gasteiger partial charge on any atom is -0.481 e. The first-order chi connectivity index (χ1) is 22.1. The molecule has 0 aliphatic rings. The van der Waals surface area contributed by atoms with Gasteiger partial charge in [-0.1, -0.05) is 64.4 Å². The lowest BCUT2D eigenvalue weighted by molar-refractivity contribution is -0.144. The van der Waals surface area contributed by atoms with Crippen molar-refractivity contribution in [1.82, 2.24) is 21.3 Å². The van der Waals surface area contributed by atoms with Gasteiger partial charge in [0.2, 0.25) is 23.6 Å². The molecule has 47 heavy (non-hydrogen) atoms. The van der Waals surface area contributed by atoms with Crippen LogP contribution in [0.3, 0.4) is 0 Å². The van der Waals surface area contributed by atoms with Crippen molar-refractivity contribution in [3.63, 3.8) is 0 Å². The third-order valence-corrected chi connectivity index (χ3v) is 7.52. The number of carbonyl (C=O) groups is 6. The van der Waals surface area contributed by atoms with E-state index >= 15 is 0 Å². The third kappa shape index (κ3) is 14.9. The van der Waals surface area contributed by atoms with Gasteiger partial charge < -0.3 is 48.7 Å². The summed E-state index contributed by atoms with van der Waals surface area (Å²) in [5, 5.41) is 29.0. The van der Waals surface area contributed by atoms with Crippen molar-refractivity contribution in [3.8, 4) is 0 Å². The van der Waals surface area contributed by atoms with Crippen molar-refractivity contribution in [2.24, 2.45) is 34.0 Å². The van der Waals surface area contributed by atoms with Gasteiger partial charge in [0, 0.05) is 13.0 Å². The molecule has 0 heterocycles. The van der Waals surface area contributed by atoms with Crippen molar-refractivity contribution in [3.05, 3.63) is 35.9 Å². The second-order valence-corrected chi connectivity index (χ2v) is 11.7. The van der Waals surface area contributed by atoms with Crippen LogP contribution in [0.2, 0.25) is 0 Å². The van der Waals surface area contributed by atoms with E-state index < -0.39 is 84.0 Å². The zero-order valence-electron chi connectivity index (χ0n) is 27.4. The Morgan fingerprint density at radius 3 is 1.87 bits per heavy atom. The molecular formula is C31H50N8O8. The lowest BCUT2D eigenvalue weighted by Gasteiger charge is -2.28. The van der Waals surface area contributed by atoms with Crippen molar-refractivity contribution < 1.29 is 39.0 Å². The fraction of sp³-hybridized carbons (Fsp3) is 0.581. The van der Waals surface area contributed by atoms with Gasteiger partial charge in [0.05, 0.1) is 6.04 Å². The maximum absolute atomic E-state index is 13.5. The van der Waals surface area contributed by atoms with E-state index in [2.05, 4.69) is 26.3 Å². The first kappa shape index (κ1) is 40.3. The summed E-state index contributed by atoms with van der Waals surface area (Å²) in [7, 11) is 0. The Kier molecular flexibility index (Phi) is 17.5. The second kappa shape index (κ2) is 20.4. The molecule has 0 aliphatic carbocycles. The minimum absolute atomic E-state index is 0.00915. The molecule has 0 spiro atoms. The van der Waals surface area contributed by atoms with Crippen LogP contribution in [0, 0.1) is 11.8 Å². The number of nitrogens with one attached hydrogen (secondary N) is 4. The van der Waals surface area contributed by atoms with Crippen LogP contribution in [-0.4, -0.2) is 88.5 Å². The molecule has 0 fully saturated rings. The molecule has 262 valence electrons. The monoisotopic (exact) mass is 662 g/mol. The average Bonchev–Trinajstić information content (AvgIpc) is 3.01. The minimum atomic E-state index is -1.42. The molecule has 12 N–H and O–H groups in total. The first-order valence-electron chi connectivity index (χ1n) is 15.6. The molecule has 1 aromatic carbocycles. The predicted molar refractivity (Wildman–Crippen MR) is 175 cm³/mol. The van der Waals surface area contributed by atoms with Crippen LogP contribution in [0.5, 0.6) is 0 Å². The number of nitrogens with two attached hydrogens (primary N) is 3. The Morgan fingerprint density at radius 2 is 1.34 bits per heavy atom. The van der Waals surface area contributed by atoms with E-state index in [1.165, 1.54) is 0 Å². The molecule has 0 bridgehead atoms. The van der Waals surface area contributed by atoms with Crippen LogP contribution < -0.4 is 38.5 Å². The molecule has 1 rings (SSSR count). The van der Waals surface area contributed by atoms with Crippen LogP contribution in [0.4, 0.5) is 0 Å². The topological polar surface area (TPSA) is 281 Å². The average molecular weight is 663 g/mol. The number of benzene rings is 1. The zero-order chi connectivity index (χ0) is 35.7. The van der Waals surface area contributed by atoms with Gasteiger partial charge in [-0.15, -0.1) is 0 Å². The molecular weight excluding hydrogens is 612 g/mol. The molecule has 0 saturated heterocycles. The Bertz CT molecular complexity index is 1240. The van der Waals surface area contributed by atoms with Gasteiger partial charge in [-0.3, -0.25) is 29.0 Å². The van der Waals surface area contributed by atoms with Crippen LogP contribution in [0.15, 0.2) is 35.3 Å². The number of carboxylic acids is 2. The second-order valence-electron chi connectivity index (χ2n) is 11.7. The van der Waals surface area contributed by atoms with Crippen LogP contribution >= 0.6 is 0 Å². The first-order valence-corrected chi connectivity index (χ1v) is 15.6. The maximum atomic E-state index is 13.5. The smallest absolute Gasteiger partial charge is 0.326 e. The molecule has 0 aliphatic heterocycles. The third-order valence-electron chi connectivity index (χ3n) is 7.52. The Balaban J connectivity index is 3.18. The largest absolute Gasteiger partial charge is 0.481 e. The summed E-state index contributed by atoms with van der Waals surface area (Å²) < 4.78 is 0. The number of rotatable bonds is 21. The molecule has 4 amide bonds. The van der Waals surface area contributed by atoms with E-state index in [1.54, 1.807) is 39.8 Å². The number of aliphatic imine (C=N–C) groups is 1. The van der Waals surface area contributed by atoms with Gasteiger partial charge in [-0.25, -0.2) is 4.79 Å². The van der Waals surface area contributed by atoms with Crippen molar-refractivity contribution in [2.45, 2.75) is 96.4 Å². The molecule has 0 radical (unpaired) electrons. The van der Waals surface area contributed by atoms with Crippen LogP contribution in [-0.2, 0) is 35.2 Å². The number of hydrogen-bond donors (Lipinski definition) is 9. The highest BCUT2D eigenvalue weighted by Crippen LogP contribution is 2.11. The van der Waals surface area contributed by atoms with Gasteiger partial charge in [0.15, 0.2) is 5.96 Å². The van der Waals surface area contributed by atoms with Crippen LogP contribution in [0.1, 0.15) is 65.4 Å². The quantitative estimate of drug-likeness (QED) is 0.0446. The number of amides is 4. The molecule has 0 aromatic heterocycles. The SMILES string of the molecule is CC[C@H](C)[C@H](NC(=O)[C@H](CCCN=C(N)N)NC(=O)[C@H](CCC(=O)O)NC(=O)[C@@H](NC(=O)[C@@H](N)Cc1ccccc1)C(C)C)C(=O)O. The lowest BCUT2D eigenvalue weighted by atomic mass is 9.98. The van der Waals surface area contributed by atoms with Gasteiger partial charge >= 0.3 is 11.9 Å². The molecule has 0 unspecified atom stereocenters. The molecule has 1 aromatic rings. The van der Waals surface area contributed by atoms with Crippen LogP contribution in [0.25, 0.3) is 0 Å². The standard InChI is InChI=1S/C31H50N8O8/c1-5-18(4)25(30(46)47)39-28(44)21(12-9-15-35-31(33)34)36-27(43)22(13-14-23(40)41)37-29(45)24(17(2)3)38-26(42)20(32)16-19-10-7-6-8-11-19/h6-8,10-11,17-18,20-22,24-25H,5,9,12-16,32H2,1-4H3,(H,36,43)(H,37,45)(H,38,42)(H,39,44)(H,40,41)(H,46,47)(H4,33,34,35)/t18-,20-,21-,22-,24-,25-/m0/s1. The highest BCUT2D eigenvalue weighted by Gasteiger charge is 2.33. The molecule has 6 atom stereocenters. The number of guanidine groups is 1. The summed E-state index contributed by atoms with van der Waals surface area (Å²) in [5.74, 6) is -6.58. The van der Waals surface area contributed by atoms with Crippen molar-refractivity contribution >= 4 is 41.5 Å². The van der Waals surface area contributed by atoms with Gasteiger partial charge in [-0.2, -0.15) is 0 Å². The number of carboxylic acid groups (broad SMARTS) is 2. The van der Waals surface area contributed by atoms with E-state index in [0.717, 1.165) is 5.56 Å².